The van der Waals surface area contributed by atoms with E-state index in [0.29, 0.717) is 20.5 Å². The monoisotopic (exact) mass is 218 g/mol. The quantitative estimate of drug-likeness (QED) is 0.614. The van der Waals surface area contributed by atoms with E-state index in [-0.39, 0.29) is 4.60 Å². The van der Waals surface area contributed by atoms with Crippen molar-refractivity contribution < 1.29 is 4.43 Å². The van der Waals surface area contributed by atoms with Crippen LogP contribution < -0.4 is 4.43 Å². The van der Waals surface area contributed by atoms with Crippen LogP contribution in [0.15, 0.2) is 10.8 Å². The fourth-order valence-corrected chi connectivity index (χ4v) is 1.05. The Labute approximate surface area is 71.8 Å². The van der Waals surface area contributed by atoms with E-state index < -0.39 is 0 Å². The van der Waals surface area contributed by atoms with Gasteiger partial charge in [-0.1, -0.05) is 0 Å². The van der Waals surface area contributed by atoms with Gasteiger partial charge >= 0.3 is 4.60 Å². The van der Waals surface area contributed by atoms with Crippen molar-refractivity contribution in [2.24, 2.45) is 0 Å². The lowest BCUT2D eigenvalue weighted by molar-refractivity contribution is -0.509. The summed E-state index contributed by atoms with van der Waals surface area (Å²) in [4.78, 5) is 10.9. The first-order valence-electron chi connectivity index (χ1n) is 3.02. The van der Waals surface area contributed by atoms with E-state index in [9.17, 15) is 10.1 Å². The van der Waals surface area contributed by atoms with Gasteiger partial charge in [-0.3, -0.25) is 0 Å². The molecule has 0 unspecified atom stereocenters. The van der Waals surface area contributed by atoms with E-state index in [4.69, 9.17) is 0 Å². The second kappa shape index (κ2) is 2.65. The molecule has 0 amide bonds. The van der Waals surface area contributed by atoms with E-state index in [1.807, 2.05) is 0 Å². The molecule has 0 fully saturated rings. The average Bonchev–Trinajstić information content (AvgIpc) is 1.97. The molecule has 5 heteroatoms. The van der Waals surface area contributed by atoms with Crippen molar-refractivity contribution in [3.8, 4) is 0 Å². The third-order valence-electron chi connectivity index (χ3n) is 1.42. The van der Waals surface area contributed by atoms with Crippen LogP contribution in [0.25, 0.3) is 0 Å². The maximum Gasteiger partial charge on any atom is 0.322 e. The maximum atomic E-state index is 11.1. The summed E-state index contributed by atoms with van der Waals surface area (Å²) in [6.07, 6.45) is 1.23. The van der Waals surface area contributed by atoms with Gasteiger partial charge in [0.05, 0.1) is 15.8 Å². The molecule has 0 saturated heterocycles. The van der Waals surface area contributed by atoms with Crippen LogP contribution in [0.4, 0.5) is 0 Å². The Hall–Kier alpha value is -0.840. The second-order valence-corrected chi connectivity index (χ2v) is 3.02. The van der Waals surface area contributed by atoms with Gasteiger partial charge in [0.25, 0.3) is 0 Å². The number of hydrogen-bond donors (Lipinski definition) is 0. The lowest BCUT2D eigenvalue weighted by Crippen LogP contribution is -2.21. The fourth-order valence-electron chi connectivity index (χ4n) is 0.787. The zero-order valence-corrected chi connectivity index (χ0v) is 7.75. The molecule has 1 aromatic heterocycles. The van der Waals surface area contributed by atoms with Gasteiger partial charge in [-0.25, -0.2) is 0 Å². The van der Waals surface area contributed by atoms with Crippen LogP contribution in [-0.2, 0) is 0 Å². The molecular weight excluding hydrogens is 212 g/mol. The molecule has 0 aliphatic rings. The Bertz CT molecular complexity index is 345. The van der Waals surface area contributed by atoms with Crippen molar-refractivity contribution >= 4 is 15.9 Å². The molecule has 0 bridgehead atoms. The summed E-state index contributed by atoms with van der Waals surface area (Å²) < 4.78 is 1.59. The van der Waals surface area contributed by atoms with Gasteiger partial charge in [0, 0.05) is 20.8 Å². The number of rotatable bonds is 0. The largest absolute Gasteiger partial charge is 0.805 e. The third kappa shape index (κ3) is 1.28. The molecule has 1 aromatic rings. The van der Waals surface area contributed by atoms with Crippen molar-refractivity contribution in [1.29, 1.82) is 0 Å². The molecule has 4 nitrogen and oxygen atoms in total. The van der Waals surface area contributed by atoms with E-state index in [0.717, 1.165) is 0 Å². The highest BCUT2D eigenvalue weighted by Crippen LogP contribution is 2.09. The molecule has 0 aliphatic heterocycles. The second-order valence-electron chi connectivity index (χ2n) is 2.27. The van der Waals surface area contributed by atoms with Gasteiger partial charge in [0.2, 0.25) is 6.20 Å². The number of hydrogen-bond acceptors (Lipinski definition) is 2. The zero-order valence-electron chi connectivity index (χ0n) is 6.17. The Kier molecular flexibility index (Phi) is 1.99. The molecule has 0 aliphatic carbocycles. The van der Waals surface area contributed by atoms with E-state index in [1.54, 1.807) is 13.8 Å². The van der Waals surface area contributed by atoms with Crippen molar-refractivity contribution in [3.05, 3.63) is 32.3 Å². The van der Waals surface area contributed by atoms with Crippen LogP contribution >= 0.6 is 15.9 Å². The lowest BCUT2D eigenvalue weighted by Gasteiger charge is -2.14. The van der Waals surface area contributed by atoms with Crippen LogP contribution in [0.2, 0.25) is 0 Å². The fraction of sp³-hybridized carbons (Fsp3) is 0.333. The van der Waals surface area contributed by atoms with Crippen LogP contribution in [0.1, 0.15) is 11.4 Å². The van der Waals surface area contributed by atoms with Gasteiger partial charge < -0.3 is 9.94 Å². The SMILES string of the molecule is Cc1c[n+](=O)c(Br)c(C)n1[O-]. The van der Waals surface area contributed by atoms with Crippen molar-refractivity contribution in [3.63, 3.8) is 0 Å². The molecule has 0 aromatic carbocycles. The molecular formula is C6H7BrN2O2. The first-order chi connectivity index (χ1) is 5.04. The molecule has 0 N–H and O–H groups in total. The van der Waals surface area contributed by atoms with Crippen molar-refractivity contribution in [2.45, 2.75) is 13.8 Å². The zero-order chi connectivity index (χ0) is 8.59. The van der Waals surface area contributed by atoms with Crippen molar-refractivity contribution in [1.82, 2.24) is 4.73 Å². The average molecular weight is 219 g/mol. The Morgan fingerprint density at radius 1 is 1.64 bits per heavy atom. The normalized spacial score (nSPS) is 10.1. The first-order valence-corrected chi connectivity index (χ1v) is 3.81. The summed E-state index contributed by atoms with van der Waals surface area (Å²) in [6.45, 7) is 3.17. The minimum Gasteiger partial charge on any atom is -0.805 e. The number of aromatic nitrogens is 2. The van der Waals surface area contributed by atoms with Crippen LogP contribution in [0.3, 0.4) is 0 Å². The summed E-state index contributed by atoms with van der Waals surface area (Å²) in [5.41, 5.74) is 0.765. The minimum atomic E-state index is 0.262. The van der Waals surface area contributed by atoms with Gasteiger partial charge in [-0.05, 0) is 13.8 Å². The van der Waals surface area contributed by atoms with Crippen LogP contribution in [-0.4, -0.2) is 4.73 Å². The predicted molar refractivity (Wildman–Crippen MR) is 43.7 cm³/mol. The smallest absolute Gasteiger partial charge is 0.322 e. The van der Waals surface area contributed by atoms with Gasteiger partial charge in [-0.15, -0.1) is 0 Å². The number of halogens is 1. The maximum absolute atomic E-state index is 11.1. The molecule has 1 heterocycles. The van der Waals surface area contributed by atoms with E-state index >= 15 is 0 Å². The molecule has 0 saturated carbocycles. The Balaban J connectivity index is 3.59. The minimum absolute atomic E-state index is 0.262. The Morgan fingerprint density at radius 2 is 2.18 bits per heavy atom. The molecule has 0 spiro atoms. The highest BCUT2D eigenvalue weighted by Gasteiger charge is 2.10. The topological polar surface area (TPSA) is 51.0 Å². The summed E-state index contributed by atoms with van der Waals surface area (Å²) in [7, 11) is 0. The molecule has 60 valence electrons. The number of nitrogens with zero attached hydrogens (tertiary/aromatic N) is 2. The highest BCUT2D eigenvalue weighted by molar-refractivity contribution is 9.10. The van der Waals surface area contributed by atoms with E-state index in [1.165, 1.54) is 6.20 Å². The van der Waals surface area contributed by atoms with Crippen LogP contribution in [0.5, 0.6) is 0 Å². The van der Waals surface area contributed by atoms with Crippen LogP contribution in [0, 0.1) is 24.0 Å². The van der Waals surface area contributed by atoms with Crippen molar-refractivity contribution in [2.75, 3.05) is 0 Å². The standard InChI is InChI=1S/C6H7BrN2O2/c1-4-3-8(10)6(7)5(2)9(4)11/h3H,1-2H3. The summed E-state index contributed by atoms with van der Waals surface area (Å²) in [5.74, 6) is 0. The van der Waals surface area contributed by atoms with Gasteiger partial charge in [-0.2, -0.15) is 0 Å². The summed E-state index contributed by atoms with van der Waals surface area (Å²) in [5, 5.41) is 11.1. The Morgan fingerprint density at radius 3 is 2.73 bits per heavy atom. The summed E-state index contributed by atoms with van der Waals surface area (Å²) >= 11 is 2.99. The van der Waals surface area contributed by atoms with Gasteiger partial charge in [0.1, 0.15) is 0 Å². The van der Waals surface area contributed by atoms with E-state index in [2.05, 4.69) is 15.9 Å². The lowest BCUT2D eigenvalue weighted by atomic mass is 10.4. The molecule has 0 radical (unpaired) electrons. The number of aryl methyl sites for hydroxylation is 1. The predicted octanol–water partition coefficient (Wildman–Crippen LogP) is 1.13. The molecule has 0 atom stereocenters. The molecule has 11 heavy (non-hydrogen) atoms. The summed E-state index contributed by atoms with van der Waals surface area (Å²) in [6, 6.07) is 0. The highest BCUT2D eigenvalue weighted by atomic mass is 79.9. The van der Waals surface area contributed by atoms with Gasteiger partial charge in [0.15, 0.2) is 0 Å². The third-order valence-corrected chi connectivity index (χ3v) is 2.34. The first kappa shape index (κ1) is 8.26. The molecule has 1 rings (SSSR count).